The van der Waals surface area contributed by atoms with Gasteiger partial charge in [0.15, 0.2) is 0 Å². The molecule has 0 N–H and O–H groups in total. The van der Waals surface area contributed by atoms with Crippen molar-refractivity contribution in [3.63, 3.8) is 0 Å². The third kappa shape index (κ3) is 3.53. The number of rotatable bonds is 4. The van der Waals surface area contributed by atoms with Crippen LogP contribution in [-0.4, -0.2) is 57.6 Å². The zero-order valence-corrected chi connectivity index (χ0v) is 16.7. The van der Waals surface area contributed by atoms with Gasteiger partial charge < -0.3 is 9.80 Å². The lowest BCUT2D eigenvalue weighted by Crippen LogP contribution is -2.51. The average molecular weight is 393 g/mol. The van der Waals surface area contributed by atoms with E-state index in [-0.39, 0.29) is 18.0 Å². The minimum Gasteiger partial charge on any atom is -0.338 e. The van der Waals surface area contributed by atoms with Crippen LogP contribution in [0.15, 0.2) is 27.8 Å². The van der Waals surface area contributed by atoms with E-state index in [0.29, 0.717) is 29.0 Å². The number of carbonyl (C=O) groups excluding carboxylic acids is 1. The molecule has 0 unspecified atom stereocenters. The molecule has 0 spiro atoms. The molecule has 2 aromatic rings. The Labute approximate surface area is 162 Å². The van der Waals surface area contributed by atoms with Crippen molar-refractivity contribution in [3.05, 3.63) is 44.1 Å². The van der Waals surface area contributed by atoms with Gasteiger partial charge in [0, 0.05) is 37.7 Å². The summed E-state index contributed by atoms with van der Waals surface area (Å²) in [6.07, 6.45) is 0. The average Bonchev–Trinajstić information content (AvgIpc) is 2.67. The summed E-state index contributed by atoms with van der Waals surface area (Å²) in [5, 5.41) is 0.803. The van der Waals surface area contributed by atoms with Crippen molar-refractivity contribution in [1.82, 2.24) is 18.9 Å². The van der Waals surface area contributed by atoms with Gasteiger partial charge in [-0.2, -0.15) is 0 Å². The monoisotopic (exact) mass is 392 g/mol. The number of carbonyl (C=O) groups is 1. The Hall–Kier alpha value is -2.12. The Kier molecular flexibility index (Phi) is 5.72. The maximum absolute atomic E-state index is 13.1. The molecular formula is C19H25ClN4O3. The van der Waals surface area contributed by atoms with Crippen molar-refractivity contribution >= 4 is 28.4 Å². The Balaban J connectivity index is 2.07. The van der Waals surface area contributed by atoms with Crippen molar-refractivity contribution in [2.45, 2.75) is 33.4 Å². The highest BCUT2D eigenvalue weighted by molar-refractivity contribution is 6.31. The molecule has 1 saturated heterocycles. The Morgan fingerprint density at radius 3 is 2.37 bits per heavy atom. The summed E-state index contributed by atoms with van der Waals surface area (Å²) in [7, 11) is 0. The van der Waals surface area contributed by atoms with Gasteiger partial charge in [-0.3, -0.25) is 18.7 Å². The minimum absolute atomic E-state index is 0.115. The first-order chi connectivity index (χ1) is 12.9. The van der Waals surface area contributed by atoms with E-state index in [0.717, 1.165) is 24.2 Å². The Bertz CT molecular complexity index is 973. The topological polar surface area (TPSA) is 67.5 Å². The second-order valence-corrected chi connectivity index (χ2v) is 7.24. The molecule has 8 heteroatoms. The fourth-order valence-corrected chi connectivity index (χ4v) is 3.83. The maximum atomic E-state index is 13.1. The Morgan fingerprint density at radius 2 is 1.78 bits per heavy atom. The van der Waals surface area contributed by atoms with Gasteiger partial charge >= 0.3 is 5.69 Å². The summed E-state index contributed by atoms with van der Waals surface area (Å²) in [6, 6.07) is 4.10. The number of aromatic nitrogens is 2. The van der Waals surface area contributed by atoms with E-state index in [1.807, 2.05) is 0 Å². The third-order valence-electron chi connectivity index (χ3n) is 5.32. The van der Waals surface area contributed by atoms with Crippen molar-refractivity contribution in [1.29, 1.82) is 0 Å². The molecule has 1 amide bonds. The van der Waals surface area contributed by atoms with E-state index in [4.69, 9.17) is 11.6 Å². The van der Waals surface area contributed by atoms with Crippen molar-refractivity contribution in [2.75, 3.05) is 32.7 Å². The predicted octanol–water partition coefficient (Wildman–Crippen LogP) is 1.56. The zero-order valence-electron chi connectivity index (χ0n) is 15.9. The predicted molar refractivity (Wildman–Crippen MR) is 107 cm³/mol. The summed E-state index contributed by atoms with van der Waals surface area (Å²) in [5.74, 6) is -0.115. The van der Waals surface area contributed by atoms with Crippen LogP contribution >= 0.6 is 11.6 Å². The summed E-state index contributed by atoms with van der Waals surface area (Å²) in [4.78, 5) is 42.8. The second kappa shape index (κ2) is 7.86. The van der Waals surface area contributed by atoms with Crippen LogP contribution in [0.25, 0.3) is 10.9 Å². The van der Waals surface area contributed by atoms with Crippen molar-refractivity contribution in [3.8, 4) is 0 Å². The number of piperazine rings is 1. The molecule has 0 saturated carbocycles. The zero-order chi connectivity index (χ0) is 19.7. The lowest BCUT2D eigenvalue weighted by molar-refractivity contribution is -0.136. The third-order valence-corrected chi connectivity index (χ3v) is 5.56. The molecule has 1 aromatic heterocycles. The number of hydrogen-bond donors (Lipinski definition) is 0. The highest BCUT2D eigenvalue weighted by Gasteiger charge is 2.28. The fraction of sp³-hybridized carbons (Fsp3) is 0.526. The van der Waals surface area contributed by atoms with E-state index in [2.05, 4.69) is 11.8 Å². The van der Waals surface area contributed by atoms with Gasteiger partial charge in [-0.25, -0.2) is 4.79 Å². The molecule has 27 heavy (non-hydrogen) atoms. The molecule has 3 rings (SSSR count). The number of nitrogens with zero attached hydrogens (tertiary/aromatic N) is 4. The van der Waals surface area contributed by atoms with Crippen LogP contribution in [-0.2, 0) is 11.3 Å². The van der Waals surface area contributed by atoms with E-state index in [1.165, 1.54) is 4.57 Å². The number of amides is 1. The normalized spacial score (nSPS) is 16.7. The van der Waals surface area contributed by atoms with Crippen molar-refractivity contribution < 1.29 is 4.79 Å². The van der Waals surface area contributed by atoms with Gasteiger partial charge in [-0.05, 0) is 38.6 Å². The fourth-order valence-electron chi connectivity index (χ4n) is 3.66. The number of hydrogen-bond acceptors (Lipinski definition) is 4. The standard InChI is InChI=1S/C19H25ClN4O3/c1-4-21-8-10-22(11-9-21)17(25)13(3)24-16-12-14(20)6-7-15(16)18(26)23(5-2)19(24)27/h6-7,12-13H,4-5,8-11H2,1-3H3/t13-/m0/s1. The van der Waals surface area contributed by atoms with Gasteiger partial charge in [0.2, 0.25) is 5.91 Å². The van der Waals surface area contributed by atoms with Crippen LogP contribution in [0, 0.1) is 0 Å². The summed E-state index contributed by atoms with van der Waals surface area (Å²) >= 11 is 6.11. The second-order valence-electron chi connectivity index (χ2n) is 6.80. The van der Waals surface area contributed by atoms with Crippen LogP contribution in [0.5, 0.6) is 0 Å². The minimum atomic E-state index is -0.718. The largest absolute Gasteiger partial charge is 0.338 e. The van der Waals surface area contributed by atoms with E-state index < -0.39 is 11.7 Å². The summed E-state index contributed by atoms with van der Waals surface area (Å²) in [5.41, 5.74) is -0.442. The number of halogens is 1. The van der Waals surface area contributed by atoms with Gasteiger partial charge in [-0.1, -0.05) is 18.5 Å². The first-order valence-corrected chi connectivity index (χ1v) is 9.72. The van der Waals surface area contributed by atoms with Gasteiger partial charge in [-0.15, -0.1) is 0 Å². The molecule has 0 aliphatic carbocycles. The van der Waals surface area contributed by atoms with Gasteiger partial charge in [0.1, 0.15) is 6.04 Å². The number of benzene rings is 1. The molecule has 2 heterocycles. The molecule has 146 valence electrons. The summed E-state index contributed by atoms with van der Waals surface area (Å²) in [6.45, 7) is 9.68. The SMILES string of the molecule is CCN1CCN(C(=O)[C@H](C)n2c(=O)n(CC)c(=O)c3ccc(Cl)cc32)CC1. The molecule has 0 bridgehead atoms. The first kappa shape index (κ1) is 19.6. The molecule has 1 aromatic carbocycles. The highest BCUT2D eigenvalue weighted by Crippen LogP contribution is 2.20. The molecule has 1 aliphatic heterocycles. The lowest BCUT2D eigenvalue weighted by Gasteiger charge is -2.35. The van der Waals surface area contributed by atoms with Crippen molar-refractivity contribution in [2.24, 2.45) is 0 Å². The molecule has 1 atom stereocenters. The number of fused-ring (bicyclic) bond motifs is 1. The quantitative estimate of drug-likeness (QED) is 0.792. The molecule has 1 fully saturated rings. The van der Waals surface area contributed by atoms with Gasteiger partial charge in [0.25, 0.3) is 5.56 Å². The highest BCUT2D eigenvalue weighted by atomic mass is 35.5. The molecule has 0 radical (unpaired) electrons. The lowest BCUT2D eigenvalue weighted by atomic mass is 10.2. The smallest absolute Gasteiger partial charge is 0.332 e. The molecule has 7 nitrogen and oxygen atoms in total. The maximum Gasteiger partial charge on any atom is 0.332 e. The van der Waals surface area contributed by atoms with Crippen LogP contribution in [0.2, 0.25) is 5.02 Å². The molecule has 1 aliphatic rings. The van der Waals surface area contributed by atoms with Crippen LogP contribution in [0.4, 0.5) is 0 Å². The molecular weight excluding hydrogens is 368 g/mol. The van der Waals surface area contributed by atoms with Crippen LogP contribution in [0.1, 0.15) is 26.8 Å². The van der Waals surface area contributed by atoms with Crippen LogP contribution < -0.4 is 11.2 Å². The first-order valence-electron chi connectivity index (χ1n) is 9.34. The van der Waals surface area contributed by atoms with Gasteiger partial charge in [0.05, 0.1) is 10.9 Å². The number of likely N-dealkylation sites (N-methyl/N-ethyl adjacent to an activating group) is 1. The van der Waals surface area contributed by atoms with E-state index in [1.54, 1.807) is 36.9 Å². The van der Waals surface area contributed by atoms with E-state index >= 15 is 0 Å². The van der Waals surface area contributed by atoms with Crippen LogP contribution in [0.3, 0.4) is 0 Å². The Morgan fingerprint density at radius 1 is 1.11 bits per heavy atom. The van der Waals surface area contributed by atoms with E-state index in [9.17, 15) is 14.4 Å². The summed E-state index contributed by atoms with van der Waals surface area (Å²) < 4.78 is 2.57.